The molecule has 0 saturated heterocycles. The van der Waals surface area contributed by atoms with Crippen LogP contribution in [0.25, 0.3) is 0 Å². The van der Waals surface area contributed by atoms with Gasteiger partial charge in [-0.1, -0.05) is 29.8 Å². The summed E-state index contributed by atoms with van der Waals surface area (Å²) < 4.78 is 39.6. The lowest BCUT2D eigenvalue weighted by atomic mass is 10.0. The lowest BCUT2D eigenvalue weighted by molar-refractivity contribution is -0.136. The van der Waals surface area contributed by atoms with E-state index in [0.29, 0.717) is 22.9 Å². The largest absolute Gasteiger partial charge is 0.467 e. The van der Waals surface area contributed by atoms with Crippen LogP contribution in [-0.4, -0.2) is 35.8 Å². The number of nitrogens with zero attached hydrogens (tertiary/aromatic N) is 2. The molecule has 0 aliphatic carbocycles. The van der Waals surface area contributed by atoms with Crippen LogP contribution in [0.15, 0.2) is 76.4 Å². The SMILES string of the molecule is O=C(OCC(=O)N1N=C(c2ccc(Cl)cc2)CC1c1ccco1)c1cccc(OC(F)F)c1. The van der Waals surface area contributed by atoms with E-state index in [1.54, 1.807) is 36.4 Å². The van der Waals surface area contributed by atoms with E-state index in [2.05, 4.69) is 9.84 Å². The molecule has 2 aromatic carbocycles. The molecule has 170 valence electrons. The minimum Gasteiger partial charge on any atom is -0.467 e. The van der Waals surface area contributed by atoms with Gasteiger partial charge in [0, 0.05) is 11.4 Å². The lowest BCUT2D eigenvalue weighted by Gasteiger charge is -2.19. The first-order valence-corrected chi connectivity index (χ1v) is 10.2. The van der Waals surface area contributed by atoms with Crippen LogP contribution in [0.2, 0.25) is 5.02 Å². The number of esters is 1. The van der Waals surface area contributed by atoms with Gasteiger partial charge in [-0.05, 0) is 48.0 Å². The van der Waals surface area contributed by atoms with Gasteiger partial charge in [-0.15, -0.1) is 0 Å². The molecule has 10 heteroatoms. The average molecular weight is 475 g/mol. The Morgan fingerprint density at radius 1 is 1.15 bits per heavy atom. The zero-order chi connectivity index (χ0) is 23.4. The third kappa shape index (κ3) is 5.38. The number of carbonyl (C=O) groups excluding carboxylic acids is 2. The van der Waals surface area contributed by atoms with Crippen molar-refractivity contribution in [1.29, 1.82) is 0 Å². The predicted molar refractivity (Wildman–Crippen MR) is 114 cm³/mol. The third-order valence-electron chi connectivity index (χ3n) is 4.84. The van der Waals surface area contributed by atoms with Crippen LogP contribution in [0.4, 0.5) is 8.78 Å². The standard InChI is InChI=1S/C23H17ClF2N2O5/c24-16-8-6-14(7-9-16)18-12-19(20-5-2-10-31-20)28(27-18)21(29)13-32-22(30)15-3-1-4-17(11-15)33-23(25)26/h1-11,19,23H,12-13H2. The normalized spacial score (nSPS) is 15.5. The van der Waals surface area contributed by atoms with Crippen LogP contribution in [0.3, 0.4) is 0 Å². The Bertz CT molecular complexity index is 1170. The molecule has 1 aliphatic rings. The molecule has 0 fully saturated rings. The van der Waals surface area contributed by atoms with Crippen LogP contribution in [0.1, 0.15) is 34.1 Å². The zero-order valence-corrected chi connectivity index (χ0v) is 17.7. The molecule has 4 rings (SSSR count). The van der Waals surface area contributed by atoms with Crippen LogP contribution in [-0.2, 0) is 9.53 Å². The van der Waals surface area contributed by atoms with Crippen molar-refractivity contribution in [3.63, 3.8) is 0 Å². The molecular weight excluding hydrogens is 458 g/mol. The van der Waals surface area contributed by atoms with Crippen LogP contribution < -0.4 is 4.74 Å². The predicted octanol–water partition coefficient (Wildman–Crippen LogP) is 5.07. The topological polar surface area (TPSA) is 81.3 Å². The number of hydrogen-bond donors (Lipinski definition) is 0. The first-order valence-electron chi connectivity index (χ1n) is 9.81. The average Bonchev–Trinajstić information content (AvgIpc) is 3.47. The fourth-order valence-electron chi connectivity index (χ4n) is 3.34. The number of benzene rings is 2. The van der Waals surface area contributed by atoms with E-state index >= 15 is 0 Å². The Hall–Kier alpha value is -3.72. The molecule has 0 N–H and O–H groups in total. The highest BCUT2D eigenvalue weighted by Gasteiger charge is 2.35. The Morgan fingerprint density at radius 3 is 2.64 bits per heavy atom. The van der Waals surface area contributed by atoms with Crippen molar-refractivity contribution in [2.45, 2.75) is 19.1 Å². The highest BCUT2D eigenvalue weighted by atomic mass is 35.5. The number of alkyl halides is 2. The van der Waals surface area contributed by atoms with E-state index < -0.39 is 31.1 Å². The molecule has 0 bridgehead atoms. The second-order valence-corrected chi connectivity index (χ2v) is 7.45. The number of hydrazone groups is 1. The summed E-state index contributed by atoms with van der Waals surface area (Å²) in [6, 6.07) is 15.1. The number of rotatable bonds is 7. The van der Waals surface area contributed by atoms with Crippen LogP contribution in [0.5, 0.6) is 5.75 Å². The summed E-state index contributed by atoms with van der Waals surface area (Å²) in [5.41, 5.74) is 1.40. The van der Waals surface area contributed by atoms with Crippen molar-refractivity contribution in [1.82, 2.24) is 5.01 Å². The highest BCUT2D eigenvalue weighted by Crippen LogP contribution is 2.33. The summed E-state index contributed by atoms with van der Waals surface area (Å²) in [5.74, 6) is -1.10. The maximum Gasteiger partial charge on any atom is 0.387 e. The van der Waals surface area contributed by atoms with Crippen LogP contribution >= 0.6 is 11.6 Å². The van der Waals surface area contributed by atoms with E-state index in [1.165, 1.54) is 29.5 Å². The van der Waals surface area contributed by atoms with Gasteiger partial charge in [-0.3, -0.25) is 4.79 Å². The van der Waals surface area contributed by atoms with E-state index in [1.807, 2.05) is 0 Å². The molecule has 1 amide bonds. The minimum absolute atomic E-state index is 0.0321. The molecule has 1 aliphatic heterocycles. The van der Waals surface area contributed by atoms with Gasteiger partial charge in [-0.25, -0.2) is 9.80 Å². The summed E-state index contributed by atoms with van der Waals surface area (Å²) >= 11 is 5.95. The monoisotopic (exact) mass is 474 g/mol. The summed E-state index contributed by atoms with van der Waals surface area (Å²) in [6.07, 6.45) is 1.88. The molecule has 0 radical (unpaired) electrons. The Kier molecular flexibility index (Phi) is 6.69. The highest BCUT2D eigenvalue weighted by molar-refractivity contribution is 6.30. The number of halogens is 3. The van der Waals surface area contributed by atoms with Crippen molar-refractivity contribution in [2.24, 2.45) is 5.10 Å². The van der Waals surface area contributed by atoms with E-state index in [4.69, 9.17) is 20.8 Å². The molecule has 1 atom stereocenters. The van der Waals surface area contributed by atoms with Gasteiger partial charge in [0.2, 0.25) is 0 Å². The van der Waals surface area contributed by atoms with E-state index in [-0.39, 0.29) is 11.3 Å². The lowest BCUT2D eigenvalue weighted by Crippen LogP contribution is -2.31. The molecule has 7 nitrogen and oxygen atoms in total. The fraction of sp³-hybridized carbons (Fsp3) is 0.174. The van der Waals surface area contributed by atoms with Crippen molar-refractivity contribution in [3.8, 4) is 5.75 Å². The van der Waals surface area contributed by atoms with Gasteiger partial charge in [0.05, 0.1) is 17.5 Å². The number of furan rings is 1. The smallest absolute Gasteiger partial charge is 0.387 e. The Balaban J connectivity index is 1.48. The van der Waals surface area contributed by atoms with Crippen LogP contribution in [0, 0.1) is 0 Å². The van der Waals surface area contributed by atoms with E-state index in [9.17, 15) is 18.4 Å². The first kappa shape index (κ1) is 22.5. The minimum atomic E-state index is -3.03. The maximum absolute atomic E-state index is 12.9. The van der Waals surface area contributed by atoms with E-state index in [0.717, 1.165) is 11.6 Å². The third-order valence-corrected chi connectivity index (χ3v) is 5.09. The van der Waals surface area contributed by atoms with Crippen molar-refractivity contribution in [2.75, 3.05) is 6.61 Å². The number of ether oxygens (including phenoxy) is 2. The molecule has 1 aromatic heterocycles. The summed E-state index contributed by atoms with van der Waals surface area (Å²) in [7, 11) is 0. The molecule has 33 heavy (non-hydrogen) atoms. The van der Waals surface area contributed by atoms with Gasteiger partial charge in [-0.2, -0.15) is 13.9 Å². The van der Waals surface area contributed by atoms with Gasteiger partial charge >= 0.3 is 12.6 Å². The Morgan fingerprint density at radius 2 is 1.94 bits per heavy atom. The summed E-state index contributed by atoms with van der Waals surface area (Å²) in [6.45, 7) is -3.63. The summed E-state index contributed by atoms with van der Waals surface area (Å²) in [4.78, 5) is 25.2. The molecule has 2 heterocycles. The van der Waals surface area contributed by atoms with Gasteiger partial charge in [0.1, 0.15) is 17.6 Å². The zero-order valence-electron chi connectivity index (χ0n) is 17.0. The quantitative estimate of drug-likeness (QED) is 0.447. The number of amides is 1. The fourth-order valence-corrected chi connectivity index (χ4v) is 3.46. The van der Waals surface area contributed by atoms with Crippen molar-refractivity contribution < 1.29 is 32.3 Å². The van der Waals surface area contributed by atoms with Crippen molar-refractivity contribution >= 4 is 29.2 Å². The van der Waals surface area contributed by atoms with Gasteiger partial charge in [0.25, 0.3) is 5.91 Å². The molecule has 3 aromatic rings. The molecule has 0 saturated carbocycles. The number of hydrogen-bond acceptors (Lipinski definition) is 6. The van der Waals surface area contributed by atoms with Gasteiger partial charge < -0.3 is 13.9 Å². The first-order chi connectivity index (χ1) is 15.9. The van der Waals surface area contributed by atoms with Crippen molar-refractivity contribution in [3.05, 3.63) is 88.8 Å². The molecule has 1 unspecified atom stereocenters. The second kappa shape index (κ2) is 9.83. The summed E-state index contributed by atoms with van der Waals surface area (Å²) in [5, 5.41) is 6.21. The van der Waals surface area contributed by atoms with Gasteiger partial charge in [0.15, 0.2) is 6.61 Å². The maximum atomic E-state index is 12.9. The second-order valence-electron chi connectivity index (χ2n) is 7.01. The molecular formula is C23H17ClF2N2O5. The number of carbonyl (C=O) groups is 2. The molecule has 0 spiro atoms. The Labute approximate surface area is 192 Å².